The van der Waals surface area contributed by atoms with Crippen LogP contribution in [-0.4, -0.2) is 224 Å². The Morgan fingerprint density at radius 1 is 0.784 bits per heavy atom. The zero-order chi connectivity index (χ0) is 70.7. The number of methoxy groups -OCH3 is 1. The molecule has 3 saturated heterocycles. The van der Waals surface area contributed by atoms with Crippen LogP contribution in [0.4, 0.5) is 4.79 Å². The van der Waals surface area contributed by atoms with E-state index < -0.39 is 29.9 Å². The Balaban J connectivity index is 0.963. The van der Waals surface area contributed by atoms with Crippen LogP contribution in [-0.2, 0) is 52.5 Å². The molecule has 5 fully saturated rings. The number of nitrogens with zero attached hydrogens (tertiary/aromatic N) is 6. The van der Waals surface area contributed by atoms with Crippen LogP contribution in [0.3, 0.4) is 0 Å². The Morgan fingerprint density at radius 3 is 2.20 bits per heavy atom. The molecule has 5 aliphatic rings. The smallest absolute Gasteiger partial charge is 0.407 e. The average molecular weight is 1360 g/mol. The number of likely N-dealkylation sites (N-methyl/N-ethyl adjacent to an activating group) is 2. The van der Waals surface area contributed by atoms with E-state index in [-0.39, 0.29) is 77.7 Å². The molecule has 0 spiro atoms. The molecule has 20 nitrogen and oxygen atoms in total. The fourth-order valence-corrected chi connectivity index (χ4v) is 14.1. The van der Waals surface area contributed by atoms with Crippen molar-refractivity contribution in [2.75, 3.05) is 120 Å². The topological polar surface area (TPSA) is 227 Å². The Hall–Kier alpha value is -5.35. The van der Waals surface area contributed by atoms with Gasteiger partial charge in [0.1, 0.15) is 23.8 Å². The summed E-state index contributed by atoms with van der Waals surface area (Å²) in [6, 6.07) is -0.534. The van der Waals surface area contributed by atoms with Gasteiger partial charge in [0.2, 0.25) is 11.7 Å². The molecule has 3 aliphatic heterocycles. The normalized spacial score (nSPS) is 23.5. The van der Waals surface area contributed by atoms with Gasteiger partial charge in [0.05, 0.1) is 57.6 Å². The molecule has 3 heterocycles. The maximum Gasteiger partial charge on any atom is 0.407 e. The quantitative estimate of drug-likeness (QED) is 0.0190. The first-order valence-electron chi connectivity index (χ1n) is 36.9. The number of rotatable bonds is 45. The van der Waals surface area contributed by atoms with Gasteiger partial charge in [-0.1, -0.05) is 76.6 Å². The first-order chi connectivity index (χ1) is 46.6. The number of hydrogen-bond donors (Lipinski definition) is 2. The van der Waals surface area contributed by atoms with Crippen LogP contribution in [0.5, 0.6) is 0 Å². The largest absolute Gasteiger partial charge is 0.446 e. The molecule has 2 N–H and O–H groups in total. The average Bonchev–Trinajstić information content (AvgIpc) is 1.84. The molecule has 2 aliphatic carbocycles. The van der Waals surface area contributed by atoms with Crippen molar-refractivity contribution in [1.29, 1.82) is 0 Å². The van der Waals surface area contributed by atoms with E-state index in [2.05, 4.69) is 84.0 Å². The minimum absolute atomic E-state index is 0.00263. The molecule has 0 aromatic carbocycles. The maximum absolute atomic E-state index is 14.0. The van der Waals surface area contributed by atoms with Gasteiger partial charge < -0.3 is 49.0 Å². The number of alkyl carbamates (subject to hydrolysis) is 1. The number of carbonyl (C=O) groups is 7. The Morgan fingerprint density at radius 2 is 1.52 bits per heavy atom. The third-order valence-corrected chi connectivity index (χ3v) is 21.3. The first-order valence-corrected chi connectivity index (χ1v) is 36.9. The number of likely N-dealkylation sites (tertiary alicyclic amines) is 1. The molecule has 546 valence electrons. The summed E-state index contributed by atoms with van der Waals surface area (Å²) in [5.41, 5.74) is 2.87. The van der Waals surface area contributed by atoms with E-state index in [0.717, 1.165) is 121 Å². The highest BCUT2D eigenvalue weighted by Crippen LogP contribution is 2.50. The van der Waals surface area contributed by atoms with Crippen molar-refractivity contribution in [3.63, 3.8) is 0 Å². The number of aliphatic imine (C=N–C) groups is 2. The second-order valence-electron chi connectivity index (χ2n) is 28.9. The highest BCUT2D eigenvalue weighted by atomic mass is 16.6. The fraction of sp³-hybridized carbons (Fsp3) is 0.753. The predicted molar refractivity (Wildman–Crippen MR) is 386 cm³/mol. The molecule has 8 atom stereocenters. The zero-order valence-electron chi connectivity index (χ0n) is 61.5. The zero-order valence-corrected chi connectivity index (χ0v) is 61.5. The van der Waals surface area contributed by atoms with E-state index in [1.54, 1.807) is 24.4 Å². The number of piperidine rings is 1. The minimum Gasteiger partial charge on any atom is -0.446 e. The lowest BCUT2D eigenvalue weighted by Crippen LogP contribution is -2.52. The van der Waals surface area contributed by atoms with Gasteiger partial charge in [0, 0.05) is 122 Å². The summed E-state index contributed by atoms with van der Waals surface area (Å²) in [4.78, 5) is 109. The fourth-order valence-electron chi connectivity index (χ4n) is 14.1. The van der Waals surface area contributed by atoms with E-state index in [1.807, 2.05) is 52.1 Å². The van der Waals surface area contributed by atoms with Gasteiger partial charge >= 0.3 is 6.09 Å². The molecule has 0 bridgehead atoms. The number of ether oxygens (including phenoxy) is 5. The predicted octanol–water partition coefficient (Wildman–Crippen LogP) is 11.0. The first kappa shape index (κ1) is 82.3. The summed E-state index contributed by atoms with van der Waals surface area (Å²) in [7, 11) is 5.67. The summed E-state index contributed by atoms with van der Waals surface area (Å²) in [5, 5.41) is 6.01. The molecular formula is C77H126N8O12. The van der Waals surface area contributed by atoms with Gasteiger partial charge in [0.25, 0.3) is 5.91 Å². The summed E-state index contributed by atoms with van der Waals surface area (Å²) in [6.45, 7) is 29.7. The van der Waals surface area contributed by atoms with E-state index in [9.17, 15) is 33.6 Å². The highest BCUT2D eigenvalue weighted by molar-refractivity contribution is 6.38. The molecule has 97 heavy (non-hydrogen) atoms. The Kier molecular flexibility index (Phi) is 37.9. The van der Waals surface area contributed by atoms with Gasteiger partial charge in [-0.15, -0.1) is 0 Å². The molecule has 0 aromatic heterocycles. The van der Waals surface area contributed by atoms with Crippen molar-refractivity contribution >= 4 is 54.0 Å². The summed E-state index contributed by atoms with van der Waals surface area (Å²) in [6.07, 6.45) is 28.9. The van der Waals surface area contributed by atoms with Crippen LogP contribution in [0.25, 0.3) is 0 Å². The van der Waals surface area contributed by atoms with Crippen LogP contribution in [0.15, 0.2) is 69.4 Å². The van der Waals surface area contributed by atoms with E-state index >= 15 is 0 Å². The second-order valence-corrected chi connectivity index (χ2v) is 28.9. The van der Waals surface area contributed by atoms with Crippen LogP contribution < -0.4 is 10.6 Å². The van der Waals surface area contributed by atoms with Crippen LogP contribution in [0.1, 0.15) is 184 Å². The number of nitrogens with one attached hydrogen (secondary N) is 2. The number of Topliss-reactive ketones (excluding diaryl/α,β-unsaturated/α-hetero) is 4. The Labute approximate surface area is 583 Å². The number of allylic oxidation sites excluding steroid dienone is 7. The lowest BCUT2D eigenvalue weighted by Gasteiger charge is -2.44. The second kappa shape index (κ2) is 44.7. The monoisotopic (exact) mass is 1350 g/mol. The molecule has 3 amide bonds. The van der Waals surface area contributed by atoms with Crippen LogP contribution in [0, 0.1) is 40.9 Å². The van der Waals surface area contributed by atoms with Gasteiger partial charge in [-0.2, -0.15) is 0 Å². The minimum atomic E-state index is -0.812. The van der Waals surface area contributed by atoms with Crippen LogP contribution >= 0.6 is 0 Å². The molecular weight excluding hydrogens is 1230 g/mol. The standard InChI is InChI=1S/C77H126N8O12/c1-56(2)77(33-29-66(30-34-77)97-76(92)81-55-63(53-79-10)54-80-36-39-84(38-35-78-9)73(89)31-45-94-47-48-95-46-44-83-42-40-82(11)41-43-83)32-28-65(64-26-27-64)51-70(88)61(7)49-59(5)60(6)50-69(87)57(3)21-16-14-13-15-17-22-58(4)72(93-12)52-67-23-20-25-71(96-67)74(90)75(91)85-37-19-18-24-68(85)62(8)86/h13-15,17,22,49,53-54,56-57,60-61,64-68,71-72,78H,10,16,18-21,23-48,50-52,55H2,1-9,11-12H3,(H,81,92)/b14-13+,17-15+,58-22+,59-49+,63-53+,80-54-. The number of hydrogen-bond acceptors (Lipinski definition) is 17. The summed E-state index contributed by atoms with van der Waals surface area (Å²) < 4.78 is 29.5. The van der Waals surface area contributed by atoms with Gasteiger partial charge in [-0.25, -0.2) is 4.79 Å². The van der Waals surface area contributed by atoms with E-state index in [1.165, 1.54) is 24.7 Å². The number of amides is 3. The van der Waals surface area contributed by atoms with Crippen molar-refractivity contribution < 1.29 is 57.2 Å². The SMILES string of the molecule is C=N/C=C(\C=N/CCN(CCNC)C(=O)CCOCCOCCN1CCN(C)CC1)CNC(=O)OC1CCC(CCC(CC(=O)C(C)/C=C(\C)C(C)CC(=O)C(C)CC/C=C/C=C/C=C(\C)C(CC2CCCC(C(=O)C(=O)N3CCCCC3C(C)=O)O2)OC)C2CC2)(C(C)C)CC1. The number of carbonyl (C=O) groups excluding carboxylic acids is 7. The van der Waals surface area contributed by atoms with Gasteiger partial charge in [0.15, 0.2) is 5.78 Å². The summed E-state index contributed by atoms with van der Waals surface area (Å²) >= 11 is 0. The van der Waals surface area contributed by atoms with Gasteiger partial charge in [-0.05, 0) is 179 Å². The van der Waals surface area contributed by atoms with Crippen molar-refractivity contribution in [2.24, 2.45) is 50.9 Å². The molecule has 5 rings (SSSR count). The lowest BCUT2D eigenvalue weighted by molar-refractivity contribution is -0.159. The number of ketones is 4. The molecule has 0 radical (unpaired) electrons. The van der Waals surface area contributed by atoms with E-state index in [0.29, 0.717) is 115 Å². The molecule has 8 unspecified atom stereocenters. The summed E-state index contributed by atoms with van der Waals surface area (Å²) in [5.74, 6) is 0.365. The molecule has 20 heteroatoms. The highest BCUT2D eigenvalue weighted by Gasteiger charge is 2.42. The van der Waals surface area contributed by atoms with Crippen molar-refractivity contribution in [1.82, 2.24) is 30.2 Å². The lowest BCUT2D eigenvalue weighted by atomic mass is 9.63. The van der Waals surface area contributed by atoms with Crippen molar-refractivity contribution in [2.45, 2.75) is 214 Å². The third-order valence-electron chi connectivity index (χ3n) is 21.3. The number of piperazine rings is 1. The van der Waals surface area contributed by atoms with Crippen LogP contribution in [0.2, 0.25) is 0 Å². The van der Waals surface area contributed by atoms with E-state index in [4.69, 9.17) is 23.7 Å². The Bertz CT molecular complexity index is 2650. The third kappa shape index (κ3) is 29.8. The van der Waals surface area contributed by atoms with Crippen molar-refractivity contribution in [3.05, 3.63) is 59.4 Å². The molecule has 2 saturated carbocycles. The molecule has 0 aromatic rings. The van der Waals surface area contributed by atoms with Crippen molar-refractivity contribution in [3.8, 4) is 0 Å². The maximum atomic E-state index is 14.0. The van der Waals surface area contributed by atoms with Gasteiger partial charge in [-0.3, -0.25) is 43.7 Å².